The van der Waals surface area contributed by atoms with Crippen molar-refractivity contribution in [2.45, 2.75) is 25.4 Å². The van der Waals surface area contributed by atoms with Crippen LogP contribution in [-0.4, -0.2) is 36.4 Å². The van der Waals surface area contributed by atoms with Crippen molar-refractivity contribution in [2.75, 3.05) is 20.8 Å². The highest BCUT2D eigenvalue weighted by Crippen LogP contribution is 2.23. The summed E-state index contributed by atoms with van der Waals surface area (Å²) in [7, 11) is 5.42. The summed E-state index contributed by atoms with van der Waals surface area (Å²) in [6.07, 6.45) is 4.74. The van der Waals surface area contributed by atoms with Gasteiger partial charge in [0.05, 0.1) is 13.2 Å². The van der Waals surface area contributed by atoms with Crippen LogP contribution in [0.1, 0.15) is 30.8 Å². The fourth-order valence-electron chi connectivity index (χ4n) is 2.43. The number of methoxy groups -OCH3 is 2. The molecule has 0 saturated heterocycles. The van der Waals surface area contributed by atoms with Crippen molar-refractivity contribution >= 4 is 0 Å². The summed E-state index contributed by atoms with van der Waals surface area (Å²) in [4.78, 5) is 4.51. The van der Waals surface area contributed by atoms with Gasteiger partial charge in [-0.3, -0.25) is 0 Å². The Balaban J connectivity index is 2.23. The van der Waals surface area contributed by atoms with Gasteiger partial charge in [-0.25, -0.2) is 4.98 Å². The van der Waals surface area contributed by atoms with Gasteiger partial charge in [0.2, 0.25) is 0 Å². The van der Waals surface area contributed by atoms with Gasteiger partial charge < -0.3 is 19.4 Å². The molecule has 2 rings (SSSR count). The smallest absolute Gasteiger partial charge is 0.130 e. The lowest BCUT2D eigenvalue weighted by molar-refractivity contribution is 0.183. The molecule has 1 aromatic carbocycles. The Labute approximate surface area is 132 Å². The van der Waals surface area contributed by atoms with Crippen LogP contribution in [0.25, 0.3) is 0 Å². The van der Waals surface area contributed by atoms with Crippen LogP contribution in [0.4, 0.5) is 0 Å². The number of benzene rings is 1. The Morgan fingerprint density at radius 3 is 2.50 bits per heavy atom. The van der Waals surface area contributed by atoms with Gasteiger partial charge in [-0.15, -0.1) is 0 Å². The SMILES string of the molecule is COCC[C@@H](C)N[C@@H](c1ccc(OC)cc1)c1nccn1C. The van der Waals surface area contributed by atoms with Crippen molar-refractivity contribution in [1.82, 2.24) is 14.9 Å². The van der Waals surface area contributed by atoms with E-state index < -0.39 is 0 Å². The third kappa shape index (κ3) is 4.08. The summed E-state index contributed by atoms with van der Waals surface area (Å²) in [5.74, 6) is 1.85. The van der Waals surface area contributed by atoms with Gasteiger partial charge in [-0.1, -0.05) is 12.1 Å². The monoisotopic (exact) mass is 303 g/mol. The van der Waals surface area contributed by atoms with Gasteiger partial charge in [0.15, 0.2) is 0 Å². The Bertz CT molecular complexity index is 566. The minimum absolute atomic E-state index is 0.0396. The van der Waals surface area contributed by atoms with E-state index in [0.29, 0.717) is 6.04 Å². The van der Waals surface area contributed by atoms with Crippen LogP contribution >= 0.6 is 0 Å². The van der Waals surface area contributed by atoms with Crippen LogP contribution in [-0.2, 0) is 11.8 Å². The number of nitrogens with one attached hydrogen (secondary N) is 1. The first-order chi connectivity index (χ1) is 10.7. The molecule has 0 aliphatic rings. The molecule has 1 N–H and O–H groups in total. The van der Waals surface area contributed by atoms with E-state index in [-0.39, 0.29) is 6.04 Å². The summed E-state index contributed by atoms with van der Waals surface area (Å²) >= 11 is 0. The summed E-state index contributed by atoms with van der Waals surface area (Å²) in [6.45, 7) is 2.91. The molecule has 1 aromatic heterocycles. The van der Waals surface area contributed by atoms with Crippen LogP contribution in [0.2, 0.25) is 0 Å². The lowest BCUT2D eigenvalue weighted by Gasteiger charge is -2.23. The molecule has 0 bridgehead atoms. The highest BCUT2D eigenvalue weighted by molar-refractivity contribution is 5.32. The molecule has 0 saturated carbocycles. The molecule has 5 nitrogen and oxygen atoms in total. The van der Waals surface area contributed by atoms with Crippen LogP contribution in [0.15, 0.2) is 36.7 Å². The van der Waals surface area contributed by atoms with Gasteiger partial charge in [-0.05, 0) is 31.0 Å². The molecule has 1 heterocycles. The van der Waals surface area contributed by atoms with E-state index in [9.17, 15) is 0 Å². The van der Waals surface area contributed by atoms with Gasteiger partial charge in [0, 0.05) is 39.2 Å². The van der Waals surface area contributed by atoms with E-state index in [1.54, 1.807) is 14.2 Å². The molecule has 2 atom stereocenters. The standard InChI is InChI=1S/C17H25N3O2/c1-13(9-12-21-3)19-16(17-18-10-11-20(17)2)14-5-7-15(22-4)8-6-14/h5-8,10-11,13,16,19H,9,12H2,1-4H3/t13-,16+/m1/s1. The number of ether oxygens (including phenoxy) is 2. The second kappa shape index (κ2) is 7.96. The Morgan fingerprint density at radius 2 is 1.95 bits per heavy atom. The fraction of sp³-hybridized carbons (Fsp3) is 0.471. The second-order valence-corrected chi connectivity index (χ2v) is 5.45. The zero-order chi connectivity index (χ0) is 15.9. The topological polar surface area (TPSA) is 48.3 Å². The number of hydrogen-bond acceptors (Lipinski definition) is 4. The molecule has 0 fully saturated rings. The molecule has 22 heavy (non-hydrogen) atoms. The first kappa shape index (κ1) is 16.5. The molecule has 0 spiro atoms. The highest BCUT2D eigenvalue weighted by Gasteiger charge is 2.20. The van der Waals surface area contributed by atoms with Gasteiger partial charge in [-0.2, -0.15) is 0 Å². The van der Waals surface area contributed by atoms with Crippen molar-refractivity contribution in [3.63, 3.8) is 0 Å². The third-order valence-corrected chi connectivity index (χ3v) is 3.77. The molecule has 0 aliphatic carbocycles. The number of nitrogens with zero attached hydrogens (tertiary/aromatic N) is 2. The molecular weight excluding hydrogens is 278 g/mol. The number of aromatic nitrogens is 2. The summed E-state index contributed by atoms with van der Waals surface area (Å²) in [6, 6.07) is 8.48. The molecule has 5 heteroatoms. The number of imidazole rings is 1. The van der Waals surface area contributed by atoms with Gasteiger partial charge in [0.25, 0.3) is 0 Å². The Kier molecular flexibility index (Phi) is 5.98. The molecule has 0 radical (unpaired) electrons. The molecule has 0 unspecified atom stereocenters. The summed E-state index contributed by atoms with van der Waals surface area (Å²) in [5, 5.41) is 3.64. The summed E-state index contributed by atoms with van der Waals surface area (Å²) < 4.78 is 12.5. The zero-order valence-corrected chi connectivity index (χ0v) is 13.7. The predicted octanol–water partition coefficient (Wildman–Crippen LogP) is 2.53. The highest BCUT2D eigenvalue weighted by atomic mass is 16.5. The predicted molar refractivity (Wildman–Crippen MR) is 87.1 cm³/mol. The number of hydrogen-bond donors (Lipinski definition) is 1. The first-order valence-electron chi connectivity index (χ1n) is 7.52. The maximum atomic E-state index is 5.24. The van der Waals surface area contributed by atoms with Crippen molar-refractivity contribution in [3.8, 4) is 5.75 Å². The first-order valence-corrected chi connectivity index (χ1v) is 7.52. The normalized spacial score (nSPS) is 13.8. The van der Waals surface area contributed by atoms with Crippen LogP contribution in [0, 0.1) is 0 Å². The fourth-order valence-corrected chi connectivity index (χ4v) is 2.43. The number of aryl methyl sites for hydroxylation is 1. The second-order valence-electron chi connectivity index (χ2n) is 5.45. The minimum atomic E-state index is 0.0396. The third-order valence-electron chi connectivity index (χ3n) is 3.77. The average Bonchev–Trinajstić information content (AvgIpc) is 2.96. The van der Waals surface area contributed by atoms with E-state index in [0.717, 1.165) is 24.6 Å². The van der Waals surface area contributed by atoms with Crippen molar-refractivity contribution < 1.29 is 9.47 Å². The summed E-state index contributed by atoms with van der Waals surface area (Å²) in [5.41, 5.74) is 1.17. The van der Waals surface area contributed by atoms with Crippen LogP contribution in [0.3, 0.4) is 0 Å². The molecule has 0 aliphatic heterocycles. The quantitative estimate of drug-likeness (QED) is 0.814. The lowest BCUT2D eigenvalue weighted by atomic mass is 10.0. The average molecular weight is 303 g/mol. The Hall–Kier alpha value is -1.85. The van der Waals surface area contributed by atoms with Crippen molar-refractivity contribution in [1.29, 1.82) is 0 Å². The number of rotatable bonds is 8. The van der Waals surface area contributed by atoms with E-state index >= 15 is 0 Å². The molecule has 120 valence electrons. The molecular formula is C17H25N3O2. The van der Waals surface area contributed by atoms with E-state index in [1.165, 1.54) is 5.56 Å². The maximum absolute atomic E-state index is 5.24. The van der Waals surface area contributed by atoms with E-state index in [4.69, 9.17) is 9.47 Å². The van der Waals surface area contributed by atoms with Crippen molar-refractivity contribution in [3.05, 3.63) is 48.0 Å². The van der Waals surface area contributed by atoms with Gasteiger partial charge >= 0.3 is 0 Å². The molecule has 2 aromatic rings. The zero-order valence-electron chi connectivity index (χ0n) is 13.7. The van der Waals surface area contributed by atoms with Gasteiger partial charge in [0.1, 0.15) is 11.6 Å². The van der Waals surface area contributed by atoms with E-state index in [2.05, 4.69) is 29.4 Å². The molecule has 0 amide bonds. The maximum Gasteiger partial charge on any atom is 0.130 e. The Morgan fingerprint density at radius 1 is 1.23 bits per heavy atom. The van der Waals surface area contributed by atoms with E-state index in [1.807, 2.05) is 36.1 Å². The largest absolute Gasteiger partial charge is 0.497 e. The van der Waals surface area contributed by atoms with Crippen molar-refractivity contribution in [2.24, 2.45) is 7.05 Å². The van der Waals surface area contributed by atoms with Crippen LogP contribution < -0.4 is 10.1 Å². The minimum Gasteiger partial charge on any atom is -0.497 e. The lowest BCUT2D eigenvalue weighted by Crippen LogP contribution is -2.33. The van der Waals surface area contributed by atoms with Crippen LogP contribution in [0.5, 0.6) is 5.75 Å².